The minimum Gasteiger partial charge on any atom is -0.352 e. The highest BCUT2D eigenvalue weighted by Crippen LogP contribution is 2.30. The van der Waals surface area contributed by atoms with Crippen LogP contribution in [0.1, 0.15) is 44.8 Å². The van der Waals surface area contributed by atoms with Gasteiger partial charge in [-0.25, -0.2) is 0 Å². The molecule has 0 unspecified atom stereocenters. The molecule has 28 heavy (non-hydrogen) atoms. The summed E-state index contributed by atoms with van der Waals surface area (Å²) >= 11 is 0. The Labute approximate surface area is 162 Å². The maximum absolute atomic E-state index is 12.4. The van der Waals surface area contributed by atoms with Crippen LogP contribution >= 0.6 is 0 Å². The molecule has 0 atom stereocenters. The fraction of sp³-hybridized carbons (Fsp3) is 0.227. The molecule has 2 amide bonds. The van der Waals surface area contributed by atoms with E-state index >= 15 is 0 Å². The Kier molecular flexibility index (Phi) is 4.93. The smallest absolute Gasteiger partial charge is 0.251 e. The van der Waals surface area contributed by atoms with E-state index in [0.717, 1.165) is 35.2 Å². The zero-order chi connectivity index (χ0) is 19.5. The van der Waals surface area contributed by atoms with Gasteiger partial charge in [-0.05, 0) is 60.7 Å². The molecule has 4 rings (SSSR count). The normalized spacial score (nSPS) is 13.2. The fourth-order valence-corrected chi connectivity index (χ4v) is 3.94. The maximum Gasteiger partial charge on any atom is 0.251 e. The maximum atomic E-state index is 12.4. The summed E-state index contributed by atoms with van der Waals surface area (Å²) in [5.41, 5.74) is 5.17. The van der Waals surface area contributed by atoms with Gasteiger partial charge in [-0.1, -0.05) is 12.1 Å². The average molecular weight is 375 g/mol. The number of anilines is 1. The summed E-state index contributed by atoms with van der Waals surface area (Å²) < 4.78 is 1.99. The van der Waals surface area contributed by atoms with Crippen LogP contribution in [0.15, 0.2) is 48.7 Å². The number of nitrogens with zero attached hydrogens (tertiary/aromatic N) is 1. The van der Waals surface area contributed by atoms with Crippen molar-refractivity contribution in [2.75, 3.05) is 11.9 Å². The van der Waals surface area contributed by atoms with Gasteiger partial charge in [0.05, 0.1) is 5.69 Å². The van der Waals surface area contributed by atoms with Crippen LogP contribution in [0.2, 0.25) is 0 Å². The Balaban J connectivity index is 1.52. The molecule has 6 heteroatoms. The Morgan fingerprint density at radius 2 is 2.04 bits per heavy atom. The fourth-order valence-electron chi connectivity index (χ4n) is 3.94. The van der Waals surface area contributed by atoms with Gasteiger partial charge in [-0.3, -0.25) is 14.4 Å². The molecule has 1 aliphatic carbocycles. The van der Waals surface area contributed by atoms with Crippen LogP contribution in [0.5, 0.6) is 0 Å². The zero-order valence-electron chi connectivity index (χ0n) is 15.4. The largest absolute Gasteiger partial charge is 0.352 e. The first-order valence-corrected chi connectivity index (χ1v) is 9.41. The number of fused-ring (bicyclic) bond motifs is 3. The molecule has 0 bridgehead atoms. The molecule has 0 aliphatic heterocycles. The van der Waals surface area contributed by atoms with Crippen LogP contribution in [0, 0.1) is 0 Å². The molecule has 3 aromatic rings. The third kappa shape index (κ3) is 3.29. The van der Waals surface area contributed by atoms with E-state index in [2.05, 4.69) is 10.6 Å². The van der Waals surface area contributed by atoms with Gasteiger partial charge >= 0.3 is 0 Å². The summed E-state index contributed by atoms with van der Waals surface area (Å²) in [5.74, 6) is 0.000219. The second-order valence-corrected chi connectivity index (χ2v) is 6.89. The Bertz CT molecular complexity index is 1070. The van der Waals surface area contributed by atoms with E-state index in [1.165, 1.54) is 0 Å². The van der Waals surface area contributed by atoms with Gasteiger partial charge < -0.3 is 15.0 Å². The number of ketones is 1. The van der Waals surface area contributed by atoms with Crippen LogP contribution in [-0.2, 0) is 17.6 Å². The summed E-state index contributed by atoms with van der Waals surface area (Å²) in [6.07, 6.45) is 5.54. The summed E-state index contributed by atoms with van der Waals surface area (Å²) in [6, 6.07) is 12.7. The van der Waals surface area contributed by atoms with Crippen molar-refractivity contribution in [3.8, 4) is 0 Å². The lowest BCUT2D eigenvalue weighted by Crippen LogP contribution is -2.26. The number of hydrogen-bond acceptors (Lipinski definition) is 3. The van der Waals surface area contributed by atoms with Crippen molar-refractivity contribution < 1.29 is 14.4 Å². The molecule has 0 spiro atoms. The van der Waals surface area contributed by atoms with E-state index in [0.29, 0.717) is 37.0 Å². The molecule has 2 aromatic heterocycles. The van der Waals surface area contributed by atoms with Crippen molar-refractivity contribution in [1.29, 1.82) is 0 Å². The lowest BCUT2D eigenvalue weighted by atomic mass is 9.92. The molecule has 1 aliphatic rings. The number of rotatable bonds is 6. The molecule has 0 saturated carbocycles. The molecule has 0 radical (unpaired) electrons. The van der Waals surface area contributed by atoms with Crippen LogP contribution < -0.4 is 10.6 Å². The molecule has 0 fully saturated rings. The van der Waals surface area contributed by atoms with Gasteiger partial charge in [-0.15, -0.1) is 0 Å². The van der Waals surface area contributed by atoms with E-state index < -0.39 is 0 Å². The van der Waals surface area contributed by atoms with Gasteiger partial charge in [0.25, 0.3) is 5.91 Å². The monoisotopic (exact) mass is 375 g/mol. The zero-order valence-corrected chi connectivity index (χ0v) is 15.4. The van der Waals surface area contributed by atoms with Crippen LogP contribution in [0.3, 0.4) is 0 Å². The van der Waals surface area contributed by atoms with Crippen molar-refractivity contribution in [2.45, 2.75) is 25.7 Å². The summed E-state index contributed by atoms with van der Waals surface area (Å²) in [7, 11) is 0. The Hall–Kier alpha value is -3.41. The number of nitrogens with one attached hydrogen (secondary N) is 2. The number of aromatic nitrogens is 1. The lowest BCUT2D eigenvalue weighted by molar-refractivity contribution is -0.105. The summed E-state index contributed by atoms with van der Waals surface area (Å²) in [6.45, 7) is 0.472. The summed E-state index contributed by atoms with van der Waals surface area (Å²) in [5, 5.41) is 5.48. The highest BCUT2D eigenvalue weighted by molar-refractivity contribution is 5.99. The molecule has 2 N–H and O–H groups in total. The van der Waals surface area contributed by atoms with Gasteiger partial charge in [0.15, 0.2) is 5.78 Å². The molecular weight excluding hydrogens is 354 g/mol. The third-order valence-corrected chi connectivity index (χ3v) is 5.17. The van der Waals surface area contributed by atoms with Crippen LogP contribution in [0.4, 0.5) is 5.69 Å². The van der Waals surface area contributed by atoms with E-state index in [-0.39, 0.29) is 11.7 Å². The second-order valence-electron chi connectivity index (χ2n) is 6.89. The van der Waals surface area contributed by atoms with Crippen molar-refractivity contribution in [2.24, 2.45) is 0 Å². The minimum atomic E-state index is -0.192. The topological polar surface area (TPSA) is 79.7 Å². The second kappa shape index (κ2) is 7.68. The van der Waals surface area contributed by atoms with E-state index in [9.17, 15) is 14.4 Å². The molecule has 6 nitrogen and oxygen atoms in total. The highest BCUT2D eigenvalue weighted by atomic mass is 16.1. The molecular formula is C22H21N3O3. The van der Waals surface area contributed by atoms with Gasteiger partial charge in [0.1, 0.15) is 0 Å². The first kappa shape index (κ1) is 18.0. The van der Waals surface area contributed by atoms with Crippen molar-refractivity contribution >= 4 is 29.3 Å². The standard InChI is InChI=1S/C22H21N3O3/c26-14-24-16-6-3-5-15(13-16)22(28)23-11-10-17-18-7-4-9-20(27)21(18)25-12-2-1-8-19(17)25/h1-3,5-6,8,12-14H,4,7,9-11H2,(H,23,28)(H,24,26). The lowest BCUT2D eigenvalue weighted by Gasteiger charge is -2.13. The average Bonchev–Trinajstić information content (AvgIpc) is 3.03. The van der Waals surface area contributed by atoms with E-state index in [1.807, 2.05) is 28.8 Å². The van der Waals surface area contributed by atoms with Crippen molar-refractivity contribution in [3.63, 3.8) is 0 Å². The number of carbonyl (C=O) groups is 3. The molecule has 2 heterocycles. The highest BCUT2D eigenvalue weighted by Gasteiger charge is 2.25. The van der Waals surface area contributed by atoms with Crippen molar-refractivity contribution in [1.82, 2.24) is 9.72 Å². The predicted molar refractivity (Wildman–Crippen MR) is 107 cm³/mol. The quantitative estimate of drug-likeness (QED) is 0.650. The number of benzene rings is 1. The SMILES string of the molecule is O=CNc1cccc(C(=O)NCCc2c3c(n4ccccc24)C(=O)CCC3)c1. The first-order valence-electron chi connectivity index (χ1n) is 9.41. The molecule has 1 aromatic carbocycles. The van der Waals surface area contributed by atoms with Crippen LogP contribution in [-0.4, -0.2) is 29.0 Å². The number of amides is 2. The van der Waals surface area contributed by atoms with Crippen molar-refractivity contribution in [3.05, 3.63) is 71.0 Å². The predicted octanol–water partition coefficient (Wildman–Crippen LogP) is 3.00. The van der Waals surface area contributed by atoms with Gasteiger partial charge in [0, 0.05) is 35.9 Å². The van der Waals surface area contributed by atoms with Gasteiger partial charge in [0.2, 0.25) is 6.41 Å². The Morgan fingerprint density at radius 1 is 1.14 bits per heavy atom. The van der Waals surface area contributed by atoms with Gasteiger partial charge in [-0.2, -0.15) is 0 Å². The summed E-state index contributed by atoms with van der Waals surface area (Å²) in [4.78, 5) is 35.5. The number of Topliss-reactive ketones (excluding diaryl/α,β-unsaturated/α-hetero) is 1. The first-order chi connectivity index (χ1) is 13.7. The molecule has 0 saturated heterocycles. The molecule has 142 valence electrons. The Morgan fingerprint density at radius 3 is 2.89 bits per heavy atom. The van der Waals surface area contributed by atoms with Crippen LogP contribution in [0.25, 0.3) is 5.52 Å². The van der Waals surface area contributed by atoms with E-state index in [4.69, 9.17) is 0 Å². The van der Waals surface area contributed by atoms with E-state index in [1.54, 1.807) is 24.3 Å². The minimum absolute atomic E-state index is 0.192. The number of pyridine rings is 1. The number of carbonyl (C=O) groups excluding carboxylic acids is 3. The number of hydrogen-bond donors (Lipinski definition) is 2. The third-order valence-electron chi connectivity index (χ3n) is 5.17.